The first kappa shape index (κ1) is 14.4. The first-order chi connectivity index (χ1) is 8.20. The van der Waals surface area contributed by atoms with E-state index in [2.05, 4.69) is 0 Å². The molecule has 1 aromatic rings. The lowest BCUT2D eigenvalue weighted by atomic mass is 10.0. The van der Waals surface area contributed by atoms with Crippen molar-refractivity contribution in [3.05, 3.63) is 39.4 Å². The minimum atomic E-state index is -4.27. The SMILES string of the molecule is Cc1ccc([C@H](N)CCC(F)(F)F)cc1[N+](=O)[O-]. The van der Waals surface area contributed by atoms with Crippen LogP contribution in [0.15, 0.2) is 18.2 Å². The van der Waals surface area contributed by atoms with Gasteiger partial charge < -0.3 is 5.73 Å². The Labute approximate surface area is 102 Å². The summed E-state index contributed by atoms with van der Waals surface area (Å²) >= 11 is 0. The highest BCUT2D eigenvalue weighted by molar-refractivity contribution is 5.43. The van der Waals surface area contributed by atoms with Crippen molar-refractivity contribution in [3.8, 4) is 0 Å². The monoisotopic (exact) mass is 262 g/mol. The molecule has 4 nitrogen and oxygen atoms in total. The molecule has 0 bridgehead atoms. The summed E-state index contributed by atoms with van der Waals surface area (Å²) in [4.78, 5) is 10.1. The van der Waals surface area contributed by atoms with Gasteiger partial charge in [-0.1, -0.05) is 12.1 Å². The fourth-order valence-electron chi connectivity index (χ4n) is 1.54. The number of alkyl halides is 3. The lowest BCUT2D eigenvalue weighted by Gasteiger charge is -2.13. The van der Waals surface area contributed by atoms with Gasteiger partial charge in [0.05, 0.1) is 4.92 Å². The van der Waals surface area contributed by atoms with Crippen molar-refractivity contribution in [1.82, 2.24) is 0 Å². The quantitative estimate of drug-likeness (QED) is 0.668. The van der Waals surface area contributed by atoms with Gasteiger partial charge in [-0.15, -0.1) is 0 Å². The summed E-state index contributed by atoms with van der Waals surface area (Å²) in [6.07, 6.45) is -5.56. The van der Waals surface area contributed by atoms with E-state index >= 15 is 0 Å². The zero-order valence-electron chi connectivity index (χ0n) is 9.70. The number of nitrogens with zero attached hydrogens (tertiary/aromatic N) is 1. The molecule has 0 aliphatic carbocycles. The third-order valence-corrected chi connectivity index (χ3v) is 2.60. The topological polar surface area (TPSA) is 69.2 Å². The Kier molecular flexibility index (Phi) is 4.28. The maximum atomic E-state index is 12.0. The van der Waals surface area contributed by atoms with Gasteiger partial charge in [-0.05, 0) is 18.9 Å². The van der Waals surface area contributed by atoms with Crippen LogP contribution in [0.4, 0.5) is 18.9 Å². The van der Waals surface area contributed by atoms with Crippen LogP contribution in [0, 0.1) is 17.0 Å². The summed E-state index contributed by atoms with van der Waals surface area (Å²) < 4.78 is 36.1. The third kappa shape index (κ3) is 3.99. The summed E-state index contributed by atoms with van der Waals surface area (Å²) in [7, 11) is 0. The second-order valence-corrected chi connectivity index (χ2v) is 4.06. The number of benzene rings is 1. The molecule has 0 heterocycles. The number of aryl methyl sites for hydroxylation is 1. The van der Waals surface area contributed by atoms with Gasteiger partial charge in [0.1, 0.15) is 0 Å². The average Bonchev–Trinajstić information content (AvgIpc) is 2.25. The zero-order valence-corrected chi connectivity index (χ0v) is 9.70. The van der Waals surface area contributed by atoms with E-state index < -0.39 is 23.6 Å². The highest BCUT2D eigenvalue weighted by Gasteiger charge is 2.28. The van der Waals surface area contributed by atoms with Crippen LogP contribution in [0.5, 0.6) is 0 Å². The van der Waals surface area contributed by atoms with Gasteiger partial charge in [0.15, 0.2) is 0 Å². The van der Waals surface area contributed by atoms with Crippen molar-refractivity contribution in [1.29, 1.82) is 0 Å². The van der Waals surface area contributed by atoms with Gasteiger partial charge >= 0.3 is 6.18 Å². The van der Waals surface area contributed by atoms with Crippen LogP contribution >= 0.6 is 0 Å². The maximum Gasteiger partial charge on any atom is 0.389 e. The van der Waals surface area contributed by atoms with Crippen molar-refractivity contribution < 1.29 is 18.1 Å². The van der Waals surface area contributed by atoms with Crippen LogP contribution in [0.1, 0.15) is 30.0 Å². The minimum absolute atomic E-state index is 0.130. The smallest absolute Gasteiger partial charge is 0.324 e. The Morgan fingerprint density at radius 3 is 2.56 bits per heavy atom. The van der Waals surface area contributed by atoms with Crippen molar-refractivity contribution in [2.24, 2.45) is 5.73 Å². The molecule has 0 saturated heterocycles. The second-order valence-electron chi connectivity index (χ2n) is 4.06. The molecule has 0 radical (unpaired) electrons. The molecule has 7 heteroatoms. The first-order valence-electron chi connectivity index (χ1n) is 5.28. The van der Waals surface area contributed by atoms with Crippen molar-refractivity contribution in [2.45, 2.75) is 32.0 Å². The number of hydrogen-bond donors (Lipinski definition) is 1. The van der Waals surface area contributed by atoms with Gasteiger partial charge in [0, 0.05) is 24.1 Å². The highest BCUT2D eigenvalue weighted by Crippen LogP contribution is 2.28. The van der Waals surface area contributed by atoms with E-state index in [-0.39, 0.29) is 12.1 Å². The highest BCUT2D eigenvalue weighted by atomic mass is 19.4. The lowest BCUT2D eigenvalue weighted by molar-refractivity contribution is -0.385. The van der Waals surface area contributed by atoms with E-state index in [0.29, 0.717) is 11.1 Å². The van der Waals surface area contributed by atoms with Crippen LogP contribution < -0.4 is 5.73 Å². The molecule has 2 N–H and O–H groups in total. The van der Waals surface area contributed by atoms with Crippen LogP contribution in [0.3, 0.4) is 0 Å². The Bertz CT molecular complexity index is 446. The lowest BCUT2D eigenvalue weighted by Crippen LogP contribution is -2.16. The van der Waals surface area contributed by atoms with E-state index in [9.17, 15) is 23.3 Å². The standard InChI is InChI=1S/C11H13F3N2O2/c1-7-2-3-8(6-10(7)16(17)18)9(15)4-5-11(12,13)14/h2-3,6,9H,4-5,15H2,1H3/t9-/m1/s1. The van der Waals surface area contributed by atoms with E-state index in [1.54, 1.807) is 6.92 Å². The summed E-state index contributed by atoms with van der Waals surface area (Å²) in [5.41, 5.74) is 6.26. The maximum absolute atomic E-state index is 12.0. The fourth-order valence-corrected chi connectivity index (χ4v) is 1.54. The molecule has 18 heavy (non-hydrogen) atoms. The molecule has 0 spiro atoms. The summed E-state index contributed by atoms with van der Waals surface area (Å²) in [6.45, 7) is 1.56. The van der Waals surface area contributed by atoms with Crippen molar-refractivity contribution in [3.63, 3.8) is 0 Å². The summed E-state index contributed by atoms with van der Waals surface area (Å²) in [5, 5.41) is 10.7. The Balaban J connectivity index is 2.83. The van der Waals surface area contributed by atoms with E-state index in [0.717, 1.165) is 0 Å². The van der Waals surface area contributed by atoms with Crippen LogP contribution in [0.25, 0.3) is 0 Å². The van der Waals surface area contributed by atoms with Gasteiger partial charge in [-0.25, -0.2) is 0 Å². The van der Waals surface area contributed by atoms with Gasteiger partial charge in [-0.3, -0.25) is 10.1 Å². The minimum Gasteiger partial charge on any atom is -0.324 e. The molecule has 1 rings (SSSR count). The molecular formula is C11H13F3N2O2. The van der Waals surface area contributed by atoms with Crippen LogP contribution in [-0.4, -0.2) is 11.1 Å². The number of halogens is 3. The average molecular weight is 262 g/mol. The van der Waals surface area contributed by atoms with Crippen LogP contribution in [0.2, 0.25) is 0 Å². The van der Waals surface area contributed by atoms with Crippen LogP contribution in [-0.2, 0) is 0 Å². The molecular weight excluding hydrogens is 249 g/mol. The number of nitro benzene ring substituents is 1. The third-order valence-electron chi connectivity index (χ3n) is 2.60. The number of rotatable bonds is 4. The summed E-state index contributed by atoms with van der Waals surface area (Å²) in [6, 6.07) is 3.38. The van der Waals surface area contributed by atoms with E-state index in [4.69, 9.17) is 5.73 Å². The Morgan fingerprint density at radius 1 is 1.44 bits per heavy atom. The fraction of sp³-hybridized carbons (Fsp3) is 0.455. The van der Waals surface area contributed by atoms with Crippen molar-refractivity contribution in [2.75, 3.05) is 0 Å². The van der Waals surface area contributed by atoms with Gasteiger partial charge in [0.2, 0.25) is 0 Å². The second kappa shape index (κ2) is 5.34. The summed E-state index contributed by atoms with van der Waals surface area (Å²) in [5.74, 6) is 0. The molecule has 0 amide bonds. The van der Waals surface area contributed by atoms with Crippen molar-refractivity contribution >= 4 is 5.69 Å². The zero-order chi connectivity index (χ0) is 13.9. The first-order valence-corrected chi connectivity index (χ1v) is 5.28. The van der Waals surface area contributed by atoms with Gasteiger partial charge in [-0.2, -0.15) is 13.2 Å². The molecule has 0 unspecified atom stereocenters. The predicted octanol–water partition coefficient (Wildman–Crippen LogP) is 3.25. The molecule has 0 saturated carbocycles. The van der Waals surface area contributed by atoms with E-state index in [1.807, 2.05) is 0 Å². The molecule has 0 aromatic heterocycles. The van der Waals surface area contributed by atoms with Gasteiger partial charge in [0.25, 0.3) is 5.69 Å². The Hall–Kier alpha value is -1.63. The molecule has 100 valence electrons. The Morgan fingerprint density at radius 2 is 2.06 bits per heavy atom. The predicted molar refractivity (Wildman–Crippen MR) is 60.1 cm³/mol. The number of nitro groups is 1. The molecule has 0 aliphatic rings. The normalized spacial score (nSPS) is 13.4. The molecule has 1 aromatic carbocycles. The number of hydrogen-bond acceptors (Lipinski definition) is 3. The molecule has 0 aliphatic heterocycles. The molecule has 0 fully saturated rings. The van der Waals surface area contributed by atoms with E-state index in [1.165, 1.54) is 18.2 Å². The number of nitrogens with two attached hydrogens (primary N) is 1. The largest absolute Gasteiger partial charge is 0.389 e. The molecule has 1 atom stereocenters.